The first kappa shape index (κ1) is 20.7. The lowest BCUT2D eigenvalue weighted by Gasteiger charge is -2.09. The number of aryl methyl sites for hydroxylation is 1. The Hall–Kier alpha value is -3.54. The van der Waals surface area contributed by atoms with Gasteiger partial charge in [-0.1, -0.05) is 24.3 Å². The molecule has 3 nitrogen and oxygen atoms in total. The van der Waals surface area contributed by atoms with Crippen molar-refractivity contribution in [2.75, 3.05) is 7.11 Å². The molecule has 4 aromatic rings. The van der Waals surface area contributed by atoms with Gasteiger partial charge in [0.2, 0.25) is 0 Å². The van der Waals surface area contributed by atoms with E-state index in [1.165, 1.54) is 6.07 Å². The highest BCUT2D eigenvalue weighted by atomic mass is 19.4. The van der Waals surface area contributed by atoms with Crippen LogP contribution in [-0.2, 0) is 6.18 Å². The number of hydrogen-bond donors (Lipinski definition) is 0. The molecule has 1 aromatic heterocycles. The molecule has 1 heterocycles. The van der Waals surface area contributed by atoms with E-state index < -0.39 is 11.7 Å². The van der Waals surface area contributed by atoms with Gasteiger partial charge in [-0.05, 0) is 79.1 Å². The molecule has 0 spiro atoms. The fraction of sp³-hybridized carbons (Fsp3) is 0.160. The highest BCUT2D eigenvalue weighted by molar-refractivity contribution is 5.87. The zero-order valence-corrected chi connectivity index (χ0v) is 17.4. The van der Waals surface area contributed by atoms with E-state index in [-0.39, 0.29) is 0 Å². The van der Waals surface area contributed by atoms with Gasteiger partial charge in [-0.15, -0.1) is 0 Å². The monoisotopic (exact) mass is 422 g/mol. The molecule has 4 rings (SSSR count). The summed E-state index contributed by atoms with van der Waals surface area (Å²) in [4.78, 5) is 4.68. The Labute approximate surface area is 178 Å². The third-order valence-corrected chi connectivity index (χ3v) is 5.21. The summed E-state index contributed by atoms with van der Waals surface area (Å²) in [6.07, 6.45) is -2.60. The lowest BCUT2D eigenvalue weighted by atomic mass is 10.0. The van der Waals surface area contributed by atoms with Crippen molar-refractivity contribution in [3.8, 4) is 11.4 Å². The average Bonchev–Trinajstić information content (AvgIpc) is 3.08. The predicted octanol–water partition coefficient (Wildman–Crippen LogP) is 6.92. The fourth-order valence-electron chi connectivity index (χ4n) is 3.64. The molecule has 0 saturated carbocycles. The van der Waals surface area contributed by atoms with Crippen molar-refractivity contribution in [3.05, 3.63) is 89.2 Å². The van der Waals surface area contributed by atoms with E-state index in [2.05, 4.69) is 9.55 Å². The Morgan fingerprint density at radius 2 is 1.74 bits per heavy atom. The van der Waals surface area contributed by atoms with Gasteiger partial charge in [0.05, 0.1) is 23.7 Å². The number of ether oxygens (including phenoxy) is 1. The Bertz CT molecular complexity index is 1270. The summed E-state index contributed by atoms with van der Waals surface area (Å²) < 4.78 is 46.2. The number of methoxy groups -OCH3 is 1. The summed E-state index contributed by atoms with van der Waals surface area (Å²) in [6, 6.07) is 19.0. The SMILES string of the molecule is COc1ccc(-n2c(C)nc3cc(/C(C)=C/c4cccc(C(F)(F)F)c4)ccc32)cc1. The summed E-state index contributed by atoms with van der Waals surface area (Å²) in [6.45, 7) is 3.82. The highest BCUT2D eigenvalue weighted by Crippen LogP contribution is 2.31. The number of nitrogens with zero attached hydrogens (tertiary/aromatic N) is 2. The van der Waals surface area contributed by atoms with Gasteiger partial charge in [0.15, 0.2) is 0 Å². The number of benzene rings is 3. The Balaban J connectivity index is 1.71. The first-order chi connectivity index (χ1) is 14.8. The number of halogens is 3. The molecule has 0 aliphatic heterocycles. The van der Waals surface area contributed by atoms with Crippen molar-refractivity contribution >= 4 is 22.7 Å². The Morgan fingerprint density at radius 3 is 2.42 bits per heavy atom. The minimum atomic E-state index is -4.36. The summed E-state index contributed by atoms with van der Waals surface area (Å²) in [5, 5.41) is 0. The van der Waals surface area contributed by atoms with Crippen LogP contribution in [0.25, 0.3) is 28.4 Å². The van der Waals surface area contributed by atoms with E-state index in [4.69, 9.17) is 4.74 Å². The minimum absolute atomic E-state index is 0.507. The van der Waals surface area contributed by atoms with Crippen LogP contribution in [0.1, 0.15) is 29.4 Å². The molecule has 0 N–H and O–H groups in total. The summed E-state index contributed by atoms with van der Waals surface area (Å²) >= 11 is 0. The third kappa shape index (κ3) is 4.19. The lowest BCUT2D eigenvalue weighted by Crippen LogP contribution is -2.04. The quantitative estimate of drug-likeness (QED) is 0.334. The third-order valence-electron chi connectivity index (χ3n) is 5.21. The zero-order chi connectivity index (χ0) is 22.2. The molecule has 158 valence electrons. The van der Waals surface area contributed by atoms with Crippen LogP contribution in [0.4, 0.5) is 13.2 Å². The Morgan fingerprint density at radius 1 is 1.00 bits per heavy atom. The predicted molar refractivity (Wildman–Crippen MR) is 117 cm³/mol. The number of imidazole rings is 1. The van der Waals surface area contributed by atoms with Crippen molar-refractivity contribution in [2.45, 2.75) is 20.0 Å². The molecule has 0 aliphatic carbocycles. The number of aromatic nitrogens is 2. The largest absolute Gasteiger partial charge is 0.497 e. The van der Waals surface area contributed by atoms with Crippen molar-refractivity contribution < 1.29 is 17.9 Å². The molecular weight excluding hydrogens is 401 g/mol. The molecule has 0 radical (unpaired) electrons. The van der Waals surface area contributed by atoms with E-state index in [0.717, 1.165) is 51.6 Å². The van der Waals surface area contributed by atoms with Crippen LogP contribution in [0, 0.1) is 6.92 Å². The van der Waals surface area contributed by atoms with Crippen LogP contribution in [0.2, 0.25) is 0 Å². The van der Waals surface area contributed by atoms with E-state index in [1.807, 2.05) is 56.3 Å². The maximum absolute atomic E-state index is 13.0. The molecule has 0 fully saturated rings. The van der Waals surface area contributed by atoms with Gasteiger partial charge in [0.1, 0.15) is 11.6 Å². The maximum atomic E-state index is 13.0. The molecule has 0 amide bonds. The molecule has 6 heteroatoms. The second-order valence-corrected chi connectivity index (χ2v) is 7.35. The lowest BCUT2D eigenvalue weighted by molar-refractivity contribution is -0.137. The number of hydrogen-bond acceptors (Lipinski definition) is 2. The normalized spacial score (nSPS) is 12.4. The Kier molecular flexibility index (Phi) is 5.31. The molecule has 0 aliphatic rings. The summed E-state index contributed by atoms with van der Waals surface area (Å²) in [5.74, 6) is 1.63. The maximum Gasteiger partial charge on any atom is 0.416 e. The second-order valence-electron chi connectivity index (χ2n) is 7.35. The number of allylic oxidation sites excluding steroid dienone is 1. The van der Waals surface area contributed by atoms with Crippen LogP contribution < -0.4 is 4.74 Å². The van der Waals surface area contributed by atoms with Gasteiger partial charge < -0.3 is 4.74 Å². The smallest absolute Gasteiger partial charge is 0.416 e. The number of rotatable bonds is 4. The van der Waals surface area contributed by atoms with Gasteiger partial charge in [-0.3, -0.25) is 4.57 Å². The summed E-state index contributed by atoms with van der Waals surface area (Å²) in [7, 11) is 1.63. The van der Waals surface area contributed by atoms with Crippen LogP contribution >= 0.6 is 0 Å². The van der Waals surface area contributed by atoms with E-state index in [1.54, 1.807) is 19.3 Å². The van der Waals surface area contributed by atoms with Gasteiger partial charge in [-0.25, -0.2) is 4.98 Å². The van der Waals surface area contributed by atoms with Crippen molar-refractivity contribution in [3.63, 3.8) is 0 Å². The first-order valence-electron chi connectivity index (χ1n) is 9.76. The van der Waals surface area contributed by atoms with E-state index in [0.29, 0.717) is 5.56 Å². The van der Waals surface area contributed by atoms with Crippen LogP contribution in [-0.4, -0.2) is 16.7 Å². The van der Waals surface area contributed by atoms with Crippen LogP contribution in [0.15, 0.2) is 66.7 Å². The van der Waals surface area contributed by atoms with Gasteiger partial charge >= 0.3 is 6.18 Å². The first-order valence-corrected chi connectivity index (χ1v) is 9.76. The molecule has 0 saturated heterocycles. The van der Waals surface area contributed by atoms with E-state index >= 15 is 0 Å². The van der Waals surface area contributed by atoms with Crippen molar-refractivity contribution in [1.82, 2.24) is 9.55 Å². The van der Waals surface area contributed by atoms with Crippen molar-refractivity contribution in [1.29, 1.82) is 0 Å². The number of alkyl halides is 3. The standard InChI is InChI=1S/C25H21F3N2O/c1-16(13-18-5-4-6-20(14-18)25(26,27)28)19-7-12-24-23(15-19)29-17(2)30(24)21-8-10-22(31-3)11-9-21/h4-15H,1-3H3/b16-13+. The van der Waals surface area contributed by atoms with Crippen LogP contribution in [0.5, 0.6) is 5.75 Å². The summed E-state index contributed by atoms with van der Waals surface area (Å²) in [5.41, 5.74) is 4.37. The average molecular weight is 422 g/mol. The van der Waals surface area contributed by atoms with Gasteiger partial charge in [0, 0.05) is 5.69 Å². The van der Waals surface area contributed by atoms with Crippen LogP contribution in [0.3, 0.4) is 0 Å². The van der Waals surface area contributed by atoms with Crippen molar-refractivity contribution in [2.24, 2.45) is 0 Å². The highest BCUT2D eigenvalue weighted by Gasteiger charge is 2.30. The van der Waals surface area contributed by atoms with Gasteiger partial charge in [-0.2, -0.15) is 13.2 Å². The number of fused-ring (bicyclic) bond motifs is 1. The molecule has 0 unspecified atom stereocenters. The van der Waals surface area contributed by atoms with E-state index in [9.17, 15) is 13.2 Å². The molecule has 31 heavy (non-hydrogen) atoms. The molecule has 0 bridgehead atoms. The topological polar surface area (TPSA) is 27.1 Å². The minimum Gasteiger partial charge on any atom is -0.497 e. The fourth-order valence-corrected chi connectivity index (χ4v) is 3.64. The van der Waals surface area contributed by atoms with Gasteiger partial charge in [0.25, 0.3) is 0 Å². The molecule has 3 aromatic carbocycles. The second kappa shape index (κ2) is 7.95. The zero-order valence-electron chi connectivity index (χ0n) is 17.4. The molecular formula is C25H21F3N2O. The molecule has 0 atom stereocenters.